The Morgan fingerprint density at radius 1 is 1.44 bits per heavy atom. The molecular formula is C17H23ClN4O3. The number of morpholine rings is 1. The summed E-state index contributed by atoms with van der Waals surface area (Å²) in [6.45, 7) is 3.18. The minimum Gasteiger partial charge on any atom is -0.378 e. The molecule has 3 heterocycles. The van der Waals surface area contributed by atoms with Gasteiger partial charge in [-0.3, -0.25) is 9.59 Å². The average molecular weight is 367 g/mol. The van der Waals surface area contributed by atoms with Crippen LogP contribution in [0, 0.1) is 5.92 Å². The summed E-state index contributed by atoms with van der Waals surface area (Å²) in [4.78, 5) is 30.8. The zero-order valence-electron chi connectivity index (χ0n) is 14.0. The predicted octanol–water partition coefficient (Wildman–Crippen LogP) is 1.29. The van der Waals surface area contributed by atoms with Crippen molar-refractivity contribution in [1.82, 2.24) is 15.2 Å². The Hall–Kier alpha value is -1.70. The van der Waals surface area contributed by atoms with Crippen LogP contribution >= 0.6 is 11.6 Å². The fourth-order valence-electron chi connectivity index (χ4n) is 3.19. The van der Waals surface area contributed by atoms with E-state index in [4.69, 9.17) is 16.3 Å². The number of amides is 2. The molecule has 2 amide bonds. The number of carbonyl (C=O) groups excluding carboxylic acids is 2. The van der Waals surface area contributed by atoms with Crippen LogP contribution in [-0.2, 0) is 14.3 Å². The number of rotatable bonds is 4. The molecule has 2 fully saturated rings. The number of anilines is 1. The summed E-state index contributed by atoms with van der Waals surface area (Å²) in [6, 6.07) is 3.41. The van der Waals surface area contributed by atoms with Crippen LogP contribution in [0.1, 0.15) is 19.3 Å². The minimum absolute atomic E-state index is 0.0636. The fraction of sp³-hybridized carbons (Fsp3) is 0.588. The quantitative estimate of drug-likeness (QED) is 0.839. The van der Waals surface area contributed by atoms with Crippen molar-refractivity contribution in [3.05, 3.63) is 23.4 Å². The van der Waals surface area contributed by atoms with Gasteiger partial charge in [0, 0.05) is 38.3 Å². The molecule has 8 heteroatoms. The van der Waals surface area contributed by atoms with Crippen molar-refractivity contribution in [3.63, 3.8) is 0 Å². The number of aromatic nitrogens is 1. The molecule has 1 aromatic rings. The van der Waals surface area contributed by atoms with Gasteiger partial charge in [-0.25, -0.2) is 4.98 Å². The third kappa shape index (κ3) is 5.14. The van der Waals surface area contributed by atoms with Crippen molar-refractivity contribution in [2.75, 3.05) is 38.2 Å². The third-order valence-electron chi connectivity index (χ3n) is 4.54. The molecule has 2 aliphatic heterocycles. The molecule has 1 aromatic heterocycles. The summed E-state index contributed by atoms with van der Waals surface area (Å²) in [7, 11) is 0. The zero-order chi connectivity index (χ0) is 17.6. The molecule has 2 N–H and O–H groups in total. The molecule has 3 rings (SSSR count). The van der Waals surface area contributed by atoms with E-state index < -0.39 is 0 Å². The van der Waals surface area contributed by atoms with Crippen molar-refractivity contribution in [2.24, 2.45) is 5.92 Å². The standard InChI is InChI=1S/C17H23ClN4O3/c18-13-3-4-15(20-9-13)21-17(24)12-2-1-6-22(10-12)16(23)8-14-11-25-7-5-19-14/h3-4,9,12,14,19H,1-2,5-8,10-11H2,(H,20,21,24). The van der Waals surface area contributed by atoms with Gasteiger partial charge in [-0.15, -0.1) is 0 Å². The Morgan fingerprint density at radius 2 is 2.32 bits per heavy atom. The topological polar surface area (TPSA) is 83.6 Å². The van der Waals surface area contributed by atoms with E-state index in [9.17, 15) is 9.59 Å². The van der Waals surface area contributed by atoms with E-state index in [0.717, 1.165) is 19.4 Å². The van der Waals surface area contributed by atoms with E-state index >= 15 is 0 Å². The number of carbonyl (C=O) groups is 2. The number of piperidine rings is 1. The highest BCUT2D eigenvalue weighted by molar-refractivity contribution is 6.30. The van der Waals surface area contributed by atoms with E-state index in [-0.39, 0.29) is 23.8 Å². The van der Waals surface area contributed by atoms with Gasteiger partial charge in [0.05, 0.1) is 24.2 Å². The first-order valence-electron chi connectivity index (χ1n) is 8.63. The number of hydrogen-bond acceptors (Lipinski definition) is 5. The van der Waals surface area contributed by atoms with Crippen molar-refractivity contribution in [3.8, 4) is 0 Å². The molecule has 25 heavy (non-hydrogen) atoms. The van der Waals surface area contributed by atoms with Crippen LogP contribution in [0.2, 0.25) is 5.02 Å². The van der Waals surface area contributed by atoms with Crippen LogP contribution in [0.25, 0.3) is 0 Å². The van der Waals surface area contributed by atoms with Crippen molar-refractivity contribution in [2.45, 2.75) is 25.3 Å². The lowest BCUT2D eigenvalue weighted by molar-refractivity contribution is -0.135. The molecular weight excluding hydrogens is 344 g/mol. The maximum absolute atomic E-state index is 12.5. The zero-order valence-corrected chi connectivity index (χ0v) is 14.8. The molecule has 0 saturated carbocycles. The van der Waals surface area contributed by atoms with Crippen LogP contribution in [0.4, 0.5) is 5.82 Å². The van der Waals surface area contributed by atoms with E-state index in [1.54, 1.807) is 17.0 Å². The number of halogens is 1. The number of nitrogens with one attached hydrogen (secondary N) is 2. The Labute approximate surface area is 152 Å². The summed E-state index contributed by atoms with van der Waals surface area (Å²) < 4.78 is 5.39. The molecule has 0 aromatic carbocycles. The number of ether oxygens (including phenoxy) is 1. The second kappa shape index (κ2) is 8.60. The van der Waals surface area contributed by atoms with Crippen molar-refractivity contribution >= 4 is 29.2 Å². The van der Waals surface area contributed by atoms with Crippen LogP contribution in [-0.4, -0.2) is 60.6 Å². The van der Waals surface area contributed by atoms with Crippen LogP contribution < -0.4 is 10.6 Å². The minimum atomic E-state index is -0.217. The molecule has 7 nitrogen and oxygen atoms in total. The Kier molecular flexibility index (Phi) is 6.23. The van der Waals surface area contributed by atoms with E-state index in [2.05, 4.69) is 15.6 Å². The first-order valence-corrected chi connectivity index (χ1v) is 9.01. The van der Waals surface area contributed by atoms with Crippen molar-refractivity contribution < 1.29 is 14.3 Å². The van der Waals surface area contributed by atoms with Gasteiger partial charge < -0.3 is 20.3 Å². The summed E-state index contributed by atoms with van der Waals surface area (Å²) in [5, 5.41) is 6.61. The molecule has 0 radical (unpaired) electrons. The van der Waals surface area contributed by atoms with Gasteiger partial charge in [-0.2, -0.15) is 0 Å². The number of nitrogens with zero attached hydrogens (tertiary/aromatic N) is 2. The van der Waals surface area contributed by atoms with Gasteiger partial charge in [-0.05, 0) is 25.0 Å². The Balaban J connectivity index is 1.52. The highest BCUT2D eigenvalue weighted by Gasteiger charge is 2.30. The van der Waals surface area contributed by atoms with Crippen LogP contribution in [0.15, 0.2) is 18.3 Å². The van der Waals surface area contributed by atoms with Gasteiger partial charge in [0.15, 0.2) is 0 Å². The second-order valence-electron chi connectivity index (χ2n) is 6.46. The summed E-state index contributed by atoms with van der Waals surface area (Å²) in [5.41, 5.74) is 0. The first kappa shape index (κ1) is 18.1. The van der Waals surface area contributed by atoms with E-state index in [0.29, 0.717) is 43.6 Å². The fourth-order valence-corrected chi connectivity index (χ4v) is 3.30. The normalized spacial score (nSPS) is 24.0. The second-order valence-corrected chi connectivity index (χ2v) is 6.90. The molecule has 2 atom stereocenters. The smallest absolute Gasteiger partial charge is 0.230 e. The van der Waals surface area contributed by atoms with Gasteiger partial charge in [-0.1, -0.05) is 11.6 Å². The molecule has 2 aliphatic rings. The SMILES string of the molecule is O=C(Nc1ccc(Cl)cn1)C1CCCN(C(=O)CC2COCCN2)C1. The van der Waals surface area contributed by atoms with E-state index in [1.165, 1.54) is 6.20 Å². The molecule has 0 spiro atoms. The van der Waals surface area contributed by atoms with Crippen molar-refractivity contribution in [1.29, 1.82) is 0 Å². The number of hydrogen-bond donors (Lipinski definition) is 2. The molecule has 136 valence electrons. The molecule has 2 saturated heterocycles. The monoisotopic (exact) mass is 366 g/mol. The molecule has 0 bridgehead atoms. The van der Waals surface area contributed by atoms with Gasteiger partial charge in [0.25, 0.3) is 0 Å². The van der Waals surface area contributed by atoms with E-state index in [1.807, 2.05) is 0 Å². The van der Waals surface area contributed by atoms with Gasteiger partial charge in [0.1, 0.15) is 5.82 Å². The van der Waals surface area contributed by atoms with Crippen LogP contribution in [0.3, 0.4) is 0 Å². The lowest BCUT2D eigenvalue weighted by Crippen LogP contribution is -2.48. The highest BCUT2D eigenvalue weighted by Crippen LogP contribution is 2.20. The number of pyridine rings is 1. The Morgan fingerprint density at radius 3 is 3.04 bits per heavy atom. The van der Waals surface area contributed by atoms with Crippen LogP contribution in [0.5, 0.6) is 0 Å². The van der Waals surface area contributed by atoms with Gasteiger partial charge >= 0.3 is 0 Å². The lowest BCUT2D eigenvalue weighted by atomic mass is 9.96. The molecule has 0 aliphatic carbocycles. The average Bonchev–Trinajstić information content (AvgIpc) is 2.64. The first-order chi connectivity index (χ1) is 12.1. The summed E-state index contributed by atoms with van der Waals surface area (Å²) in [5.74, 6) is 0.226. The number of likely N-dealkylation sites (tertiary alicyclic amines) is 1. The summed E-state index contributed by atoms with van der Waals surface area (Å²) >= 11 is 5.80. The predicted molar refractivity (Wildman–Crippen MR) is 94.4 cm³/mol. The maximum atomic E-state index is 12.5. The highest BCUT2D eigenvalue weighted by atomic mass is 35.5. The summed E-state index contributed by atoms with van der Waals surface area (Å²) in [6.07, 6.45) is 3.50. The lowest BCUT2D eigenvalue weighted by Gasteiger charge is -2.33. The maximum Gasteiger partial charge on any atom is 0.230 e. The largest absolute Gasteiger partial charge is 0.378 e. The molecule has 2 unspecified atom stereocenters. The third-order valence-corrected chi connectivity index (χ3v) is 4.77. The Bertz CT molecular complexity index is 604. The van der Waals surface area contributed by atoms with Gasteiger partial charge in [0.2, 0.25) is 11.8 Å².